The molecular weight excluding hydrogens is 597 g/mol. The third-order valence-electron chi connectivity index (χ3n) is 10.5. The second-order valence-electron chi connectivity index (χ2n) is 13.3. The van der Waals surface area contributed by atoms with Gasteiger partial charge in [0.15, 0.2) is 0 Å². The molecule has 0 atom stereocenters. The molecule has 1 aliphatic rings. The molecule has 0 aromatic heterocycles. The number of phenols is 2. The summed E-state index contributed by atoms with van der Waals surface area (Å²) in [6.45, 7) is 4.12. The topological polar surface area (TPSA) is 40.5 Å². The summed E-state index contributed by atoms with van der Waals surface area (Å²) in [4.78, 5) is 0. The summed E-state index contributed by atoms with van der Waals surface area (Å²) in [6.07, 6.45) is 0. The number of rotatable bonds is 4. The third-order valence-corrected chi connectivity index (χ3v) is 10.5. The summed E-state index contributed by atoms with van der Waals surface area (Å²) in [5.74, 6) is 0.382. The number of aromatic hydroxyl groups is 2. The highest BCUT2D eigenvalue weighted by Crippen LogP contribution is 2.63. The number of phenolic OH excluding ortho intramolecular Hbond substituents is 2. The van der Waals surface area contributed by atoms with Crippen LogP contribution in [0.1, 0.15) is 33.4 Å². The summed E-state index contributed by atoms with van der Waals surface area (Å²) in [6, 6.07) is 54.9. The molecule has 2 heteroatoms. The number of benzene rings is 8. The van der Waals surface area contributed by atoms with Gasteiger partial charge in [-0.1, -0.05) is 157 Å². The van der Waals surface area contributed by atoms with Crippen LogP contribution in [0.3, 0.4) is 0 Å². The fraction of sp³-hybridized carbons (Fsp3) is 0.0638. The minimum Gasteiger partial charge on any atom is -0.508 e. The van der Waals surface area contributed by atoms with Gasteiger partial charge in [-0.2, -0.15) is 0 Å². The van der Waals surface area contributed by atoms with Gasteiger partial charge in [-0.15, -0.1) is 0 Å². The molecule has 2 nitrogen and oxygen atoms in total. The molecule has 0 aliphatic heterocycles. The largest absolute Gasteiger partial charge is 0.508 e. The number of fused-ring (bicyclic) bond motifs is 5. The summed E-state index contributed by atoms with van der Waals surface area (Å²) >= 11 is 0. The summed E-state index contributed by atoms with van der Waals surface area (Å²) in [7, 11) is 0. The Labute approximate surface area is 286 Å². The lowest BCUT2D eigenvalue weighted by Crippen LogP contribution is -2.29. The van der Waals surface area contributed by atoms with Gasteiger partial charge in [0.2, 0.25) is 0 Å². The van der Waals surface area contributed by atoms with E-state index in [1.54, 1.807) is 12.1 Å². The maximum Gasteiger partial charge on any atom is 0.120 e. The molecule has 8 aromatic rings. The summed E-state index contributed by atoms with van der Waals surface area (Å²) in [5.41, 5.74) is 11.3. The van der Waals surface area contributed by atoms with Crippen molar-refractivity contribution in [3.05, 3.63) is 191 Å². The van der Waals surface area contributed by atoms with Gasteiger partial charge in [0.05, 0.1) is 5.41 Å². The smallest absolute Gasteiger partial charge is 0.120 e. The summed E-state index contributed by atoms with van der Waals surface area (Å²) in [5, 5.41) is 28.5. The Hall–Kier alpha value is -6.12. The highest BCUT2D eigenvalue weighted by atomic mass is 16.3. The van der Waals surface area contributed by atoms with E-state index >= 15 is 0 Å². The van der Waals surface area contributed by atoms with Crippen molar-refractivity contribution < 1.29 is 10.2 Å². The lowest BCUT2D eigenvalue weighted by Gasteiger charge is -2.35. The average molecular weight is 631 g/mol. The zero-order valence-electron chi connectivity index (χ0n) is 27.4. The van der Waals surface area contributed by atoms with Crippen molar-refractivity contribution in [2.24, 2.45) is 0 Å². The minimum absolute atomic E-state index is 0.191. The molecule has 0 heterocycles. The van der Waals surface area contributed by atoms with Gasteiger partial charge in [-0.05, 0) is 92.0 Å². The molecule has 9 rings (SSSR count). The van der Waals surface area contributed by atoms with Gasteiger partial charge >= 0.3 is 0 Å². The molecule has 0 fully saturated rings. The molecule has 1 aliphatic carbocycles. The molecule has 49 heavy (non-hydrogen) atoms. The molecule has 0 saturated heterocycles. The van der Waals surface area contributed by atoms with Crippen LogP contribution in [0, 0.1) is 13.8 Å². The van der Waals surface area contributed by atoms with Crippen LogP contribution in [0.25, 0.3) is 54.9 Å². The van der Waals surface area contributed by atoms with Crippen LogP contribution in [-0.4, -0.2) is 10.2 Å². The van der Waals surface area contributed by atoms with E-state index in [1.807, 2.05) is 12.1 Å². The lowest BCUT2D eigenvalue weighted by atomic mass is 9.66. The minimum atomic E-state index is -1.02. The van der Waals surface area contributed by atoms with Crippen molar-refractivity contribution in [3.63, 3.8) is 0 Å². The first-order valence-electron chi connectivity index (χ1n) is 16.8. The Balaban J connectivity index is 1.53. The summed E-state index contributed by atoms with van der Waals surface area (Å²) < 4.78 is 0. The van der Waals surface area contributed by atoms with Gasteiger partial charge in [0.1, 0.15) is 11.5 Å². The van der Waals surface area contributed by atoms with Gasteiger partial charge in [0.25, 0.3) is 0 Å². The second-order valence-corrected chi connectivity index (χ2v) is 13.3. The monoisotopic (exact) mass is 630 g/mol. The van der Waals surface area contributed by atoms with E-state index in [0.29, 0.717) is 0 Å². The van der Waals surface area contributed by atoms with Gasteiger partial charge in [-0.3, -0.25) is 0 Å². The van der Waals surface area contributed by atoms with E-state index in [4.69, 9.17) is 0 Å². The van der Waals surface area contributed by atoms with Gasteiger partial charge in [0, 0.05) is 11.1 Å². The molecule has 8 aromatic carbocycles. The first kappa shape index (κ1) is 29.1. The highest BCUT2D eigenvalue weighted by molar-refractivity contribution is 6.09. The molecule has 0 unspecified atom stereocenters. The van der Waals surface area contributed by atoms with Crippen LogP contribution < -0.4 is 0 Å². The fourth-order valence-corrected chi connectivity index (χ4v) is 8.41. The predicted molar refractivity (Wildman–Crippen MR) is 202 cm³/mol. The van der Waals surface area contributed by atoms with Crippen molar-refractivity contribution in [3.8, 4) is 44.9 Å². The van der Waals surface area contributed by atoms with E-state index in [1.165, 1.54) is 21.5 Å². The maximum absolute atomic E-state index is 11.9. The second kappa shape index (κ2) is 11.0. The van der Waals surface area contributed by atoms with Gasteiger partial charge in [-0.25, -0.2) is 0 Å². The van der Waals surface area contributed by atoms with E-state index in [2.05, 4.69) is 147 Å². The van der Waals surface area contributed by atoms with Crippen molar-refractivity contribution >= 4 is 21.5 Å². The van der Waals surface area contributed by atoms with E-state index in [9.17, 15) is 10.2 Å². The molecule has 2 N–H and O–H groups in total. The van der Waals surface area contributed by atoms with E-state index < -0.39 is 5.41 Å². The van der Waals surface area contributed by atoms with Crippen molar-refractivity contribution in [2.75, 3.05) is 0 Å². The van der Waals surface area contributed by atoms with Crippen LogP contribution in [0.5, 0.6) is 11.5 Å². The van der Waals surface area contributed by atoms with E-state index in [-0.39, 0.29) is 11.5 Å². The lowest BCUT2D eigenvalue weighted by molar-refractivity contribution is 0.448. The zero-order chi connectivity index (χ0) is 33.3. The fourth-order valence-electron chi connectivity index (χ4n) is 8.41. The first-order chi connectivity index (χ1) is 24.0. The Bertz CT molecular complexity index is 2420. The predicted octanol–water partition coefficient (Wildman–Crippen LogP) is 11.7. The molecular formula is C47H34O2. The van der Waals surface area contributed by atoms with E-state index in [0.717, 1.165) is 66.8 Å². The number of hydrogen-bond acceptors (Lipinski definition) is 2. The maximum atomic E-state index is 11.9. The Morgan fingerprint density at radius 3 is 1.22 bits per heavy atom. The SMILES string of the molecule is Cc1ccc(O)c(C2(c3cc(C)ccc3O)c3cccc(-c4cccc5ccccc45)c3-c3c(-c4cccc5ccccc45)cccc32)c1. The standard InChI is InChI=1S/C47H34O2/c1-29-23-25-43(48)41(27-29)47(42-28-30(2)24-26-44(42)49)39-21-9-19-37(35-17-7-13-31-11-3-5-15-33(31)35)45(39)46-38(20-10-22-40(46)47)36-18-8-14-32-12-4-6-16-34(32)36/h3-28,48-49H,1-2H3. The Kier molecular flexibility index (Phi) is 6.50. The molecule has 0 spiro atoms. The van der Waals surface area contributed by atoms with Crippen LogP contribution in [-0.2, 0) is 5.41 Å². The quantitative estimate of drug-likeness (QED) is 0.203. The van der Waals surface area contributed by atoms with Crippen LogP contribution >= 0.6 is 0 Å². The number of aryl methyl sites for hydroxylation is 2. The van der Waals surface area contributed by atoms with Crippen LogP contribution in [0.2, 0.25) is 0 Å². The molecule has 0 bridgehead atoms. The van der Waals surface area contributed by atoms with Crippen molar-refractivity contribution in [2.45, 2.75) is 19.3 Å². The van der Waals surface area contributed by atoms with Crippen LogP contribution in [0.15, 0.2) is 158 Å². The average Bonchev–Trinajstić information content (AvgIpc) is 3.44. The molecule has 0 radical (unpaired) electrons. The normalized spacial score (nSPS) is 13.0. The molecule has 0 saturated carbocycles. The van der Waals surface area contributed by atoms with Crippen LogP contribution in [0.4, 0.5) is 0 Å². The Morgan fingerprint density at radius 2 is 0.755 bits per heavy atom. The first-order valence-corrected chi connectivity index (χ1v) is 16.8. The Morgan fingerprint density at radius 1 is 0.367 bits per heavy atom. The molecule has 234 valence electrons. The van der Waals surface area contributed by atoms with Gasteiger partial charge < -0.3 is 10.2 Å². The van der Waals surface area contributed by atoms with Crippen molar-refractivity contribution in [1.82, 2.24) is 0 Å². The highest BCUT2D eigenvalue weighted by Gasteiger charge is 2.50. The number of hydrogen-bond donors (Lipinski definition) is 2. The zero-order valence-corrected chi connectivity index (χ0v) is 27.4. The van der Waals surface area contributed by atoms with Crippen molar-refractivity contribution in [1.29, 1.82) is 0 Å². The molecule has 0 amide bonds. The third kappa shape index (κ3) is 4.20.